The molecule has 0 aliphatic heterocycles. The Kier molecular flexibility index (Phi) is 5.41. The van der Waals surface area contributed by atoms with E-state index in [1.807, 2.05) is 32.0 Å². The van der Waals surface area contributed by atoms with Crippen LogP contribution < -0.4 is 9.54 Å². The molecule has 0 atom stereocenters. The Morgan fingerprint density at radius 2 is 2.07 bits per heavy atom. The average Bonchev–Trinajstić information content (AvgIpc) is 3.15. The van der Waals surface area contributed by atoms with Gasteiger partial charge in [0, 0.05) is 12.7 Å². The van der Waals surface area contributed by atoms with E-state index in [-0.39, 0.29) is 12.2 Å². The van der Waals surface area contributed by atoms with Crippen molar-refractivity contribution in [2.45, 2.75) is 20.4 Å². The topological polar surface area (TPSA) is 87.7 Å². The van der Waals surface area contributed by atoms with Crippen LogP contribution in [0.25, 0.3) is 10.2 Å². The zero-order valence-corrected chi connectivity index (χ0v) is 16.4. The molecule has 0 bridgehead atoms. The molecular weight excluding hydrogens is 368 g/mol. The lowest BCUT2D eigenvalue weighted by Gasteiger charge is -2.05. The first-order valence-corrected chi connectivity index (χ1v) is 9.17. The summed E-state index contributed by atoms with van der Waals surface area (Å²) in [6.45, 7) is 4.27. The van der Waals surface area contributed by atoms with Crippen molar-refractivity contribution in [1.82, 2.24) is 14.3 Å². The zero-order valence-electron chi connectivity index (χ0n) is 15.6. The number of carbonyl (C=O) groups excluding carboxylic acids is 2. The van der Waals surface area contributed by atoms with Crippen LogP contribution in [-0.2, 0) is 23.1 Å². The van der Waals surface area contributed by atoms with Gasteiger partial charge >= 0.3 is 5.97 Å². The molecule has 0 aliphatic carbocycles. The highest BCUT2D eigenvalue weighted by molar-refractivity contribution is 7.16. The first kappa shape index (κ1) is 18.8. The monoisotopic (exact) mass is 388 g/mol. The molecule has 0 saturated heterocycles. The molecule has 2 aromatic heterocycles. The molecule has 27 heavy (non-hydrogen) atoms. The number of methoxy groups -OCH3 is 1. The van der Waals surface area contributed by atoms with Crippen molar-refractivity contribution >= 4 is 33.4 Å². The van der Waals surface area contributed by atoms with Gasteiger partial charge in [-0.05, 0) is 38.1 Å². The number of esters is 1. The van der Waals surface area contributed by atoms with Crippen LogP contribution >= 0.6 is 11.3 Å². The van der Waals surface area contributed by atoms with E-state index in [9.17, 15) is 9.59 Å². The van der Waals surface area contributed by atoms with E-state index in [2.05, 4.69) is 10.1 Å². The van der Waals surface area contributed by atoms with Crippen molar-refractivity contribution in [2.75, 3.05) is 13.7 Å². The molecule has 2 heterocycles. The number of amides is 1. The standard InChI is InChI=1S/C18H20N4O4S/c1-5-26-12-6-7-14-15(9-12)27-18(22(14)10-16(23)25-4)19-17(24)13-8-11(2)21(3)20-13/h6-9H,5,10H2,1-4H3. The summed E-state index contributed by atoms with van der Waals surface area (Å²) in [4.78, 5) is 29.0. The van der Waals surface area contributed by atoms with Crippen LogP contribution in [0.3, 0.4) is 0 Å². The van der Waals surface area contributed by atoms with Crippen molar-refractivity contribution in [1.29, 1.82) is 0 Å². The third-order valence-electron chi connectivity index (χ3n) is 4.01. The number of aryl methyl sites for hydroxylation is 2. The summed E-state index contributed by atoms with van der Waals surface area (Å²) in [6.07, 6.45) is 0. The fraction of sp³-hybridized carbons (Fsp3) is 0.333. The maximum absolute atomic E-state index is 12.5. The number of ether oxygens (including phenoxy) is 2. The summed E-state index contributed by atoms with van der Waals surface area (Å²) in [5.41, 5.74) is 1.89. The average molecular weight is 388 g/mol. The van der Waals surface area contributed by atoms with Crippen molar-refractivity contribution in [3.63, 3.8) is 0 Å². The van der Waals surface area contributed by atoms with Crippen LogP contribution in [0.4, 0.5) is 0 Å². The van der Waals surface area contributed by atoms with Gasteiger partial charge in [0.05, 0.1) is 23.9 Å². The van der Waals surface area contributed by atoms with E-state index in [0.29, 0.717) is 11.4 Å². The maximum atomic E-state index is 12.5. The predicted molar refractivity (Wildman–Crippen MR) is 101 cm³/mol. The van der Waals surface area contributed by atoms with Crippen molar-refractivity contribution in [3.8, 4) is 5.75 Å². The number of carbonyl (C=O) groups is 2. The number of thiazole rings is 1. The van der Waals surface area contributed by atoms with Crippen LogP contribution in [0.15, 0.2) is 29.3 Å². The summed E-state index contributed by atoms with van der Waals surface area (Å²) < 4.78 is 14.4. The van der Waals surface area contributed by atoms with Gasteiger partial charge in [0.1, 0.15) is 12.3 Å². The molecule has 0 spiro atoms. The second-order valence-electron chi connectivity index (χ2n) is 5.82. The molecule has 1 amide bonds. The number of nitrogens with zero attached hydrogens (tertiary/aromatic N) is 4. The summed E-state index contributed by atoms with van der Waals surface area (Å²) >= 11 is 1.30. The van der Waals surface area contributed by atoms with Gasteiger partial charge in [0.25, 0.3) is 5.91 Å². The number of rotatable bonds is 5. The molecule has 0 unspecified atom stereocenters. The van der Waals surface area contributed by atoms with E-state index in [1.165, 1.54) is 18.4 Å². The number of hydrogen-bond donors (Lipinski definition) is 0. The van der Waals surface area contributed by atoms with Gasteiger partial charge in [0.2, 0.25) is 0 Å². The fourth-order valence-electron chi connectivity index (χ4n) is 2.55. The highest BCUT2D eigenvalue weighted by Gasteiger charge is 2.15. The number of hydrogen-bond acceptors (Lipinski definition) is 6. The molecule has 9 heteroatoms. The minimum Gasteiger partial charge on any atom is -0.494 e. The Bertz CT molecular complexity index is 1060. The largest absolute Gasteiger partial charge is 0.494 e. The van der Waals surface area contributed by atoms with E-state index in [1.54, 1.807) is 22.4 Å². The Hall–Kier alpha value is -2.94. The minimum atomic E-state index is -0.464. The fourth-order valence-corrected chi connectivity index (χ4v) is 3.61. The lowest BCUT2D eigenvalue weighted by atomic mass is 10.3. The molecule has 0 saturated carbocycles. The Balaban J connectivity index is 2.12. The summed E-state index contributed by atoms with van der Waals surface area (Å²) in [6, 6.07) is 7.21. The predicted octanol–water partition coefficient (Wildman–Crippen LogP) is 2.06. The number of benzene rings is 1. The molecule has 1 aromatic carbocycles. The lowest BCUT2D eigenvalue weighted by molar-refractivity contribution is -0.141. The van der Waals surface area contributed by atoms with Crippen LogP contribution in [0.5, 0.6) is 5.75 Å². The van der Waals surface area contributed by atoms with Gasteiger partial charge in [-0.3, -0.25) is 14.3 Å². The maximum Gasteiger partial charge on any atom is 0.325 e. The minimum absolute atomic E-state index is 0.0438. The molecule has 8 nitrogen and oxygen atoms in total. The molecule has 0 radical (unpaired) electrons. The zero-order chi connectivity index (χ0) is 19.6. The van der Waals surface area contributed by atoms with Crippen LogP contribution in [-0.4, -0.2) is 39.9 Å². The van der Waals surface area contributed by atoms with E-state index in [0.717, 1.165) is 21.7 Å². The Morgan fingerprint density at radius 3 is 2.70 bits per heavy atom. The highest BCUT2D eigenvalue weighted by Crippen LogP contribution is 2.23. The van der Waals surface area contributed by atoms with E-state index < -0.39 is 11.9 Å². The molecule has 3 rings (SSSR count). The summed E-state index contributed by atoms with van der Waals surface area (Å²) in [5.74, 6) is -0.172. The Labute approximate surface area is 159 Å². The third-order valence-corrected chi connectivity index (χ3v) is 5.05. The van der Waals surface area contributed by atoms with Crippen LogP contribution in [0, 0.1) is 6.92 Å². The quantitative estimate of drug-likeness (QED) is 0.625. The molecule has 3 aromatic rings. The molecule has 0 N–H and O–H groups in total. The normalized spacial score (nSPS) is 11.8. The highest BCUT2D eigenvalue weighted by atomic mass is 32.1. The summed E-state index contributed by atoms with van der Waals surface area (Å²) in [5, 5.41) is 4.16. The van der Waals surface area contributed by atoms with Crippen LogP contribution in [0.2, 0.25) is 0 Å². The van der Waals surface area contributed by atoms with Gasteiger partial charge in [-0.15, -0.1) is 0 Å². The second kappa shape index (κ2) is 7.75. The third kappa shape index (κ3) is 3.92. The first-order valence-electron chi connectivity index (χ1n) is 8.35. The molecular formula is C18H20N4O4S. The smallest absolute Gasteiger partial charge is 0.325 e. The van der Waals surface area contributed by atoms with Crippen LogP contribution in [0.1, 0.15) is 23.1 Å². The van der Waals surface area contributed by atoms with Crippen molar-refractivity contribution in [2.24, 2.45) is 12.0 Å². The SMILES string of the molecule is CCOc1ccc2c(c1)sc(=NC(=O)c1cc(C)n(C)n1)n2CC(=O)OC. The second-order valence-corrected chi connectivity index (χ2v) is 6.83. The number of fused-ring (bicyclic) bond motifs is 1. The van der Waals surface area contributed by atoms with Gasteiger partial charge in [0.15, 0.2) is 10.5 Å². The van der Waals surface area contributed by atoms with Gasteiger partial charge in [-0.25, -0.2) is 0 Å². The molecule has 0 fully saturated rings. The van der Waals surface area contributed by atoms with Crippen molar-refractivity contribution < 1.29 is 19.1 Å². The van der Waals surface area contributed by atoms with E-state index in [4.69, 9.17) is 9.47 Å². The van der Waals surface area contributed by atoms with Crippen molar-refractivity contribution in [3.05, 3.63) is 40.5 Å². The molecule has 0 aliphatic rings. The van der Waals surface area contributed by atoms with Gasteiger partial charge < -0.3 is 14.0 Å². The van der Waals surface area contributed by atoms with E-state index >= 15 is 0 Å². The summed E-state index contributed by atoms with van der Waals surface area (Å²) in [7, 11) is 3.08. The molecule has 142 valence electrons. The lowest BCUT2D eigenvalue weighted by Crippen LogP contribution is -2.22. The first-order chi connectivity index (χ1) is 12.9. The Morgan fingerprint density at radius 1 is 1.30 bits per heavy atom. The van der Waals surface area contributed by atoms with Gasteiger partial charge in [-0.2, -0.15) is 10.1 Å². The van der Waals surface area contributed by atoms with Gasteiger partial charge in [-0.1, -0.05) is 11.3 Å². The number of aromatic nitrogens is 3.